The number of amides is 1. The van der Waals surface area contributed by atoms with Gasteiger partial charge in [0, 0.05) is 12.4 Å². The second kappa shape index (κ2) is 6.60. The molecule has 0 radical (unpaired) electrons. The molecule has 0 spiro atoms. The summed E-state index contributed by atoms with van der Waals surface area (Å²) in [4.78, 5) is 21.2. The lowest BCUT2D eigenvalue weighted by Gasteiger charge is -2.08. The van der Waals surface area contributed by atoms with Crippen molar-refractivity contribution in [3.63, 3.8) is 0 Å². The largest absolute Gasteiger partial charge is 0.322 e. The quantitative estimate of drug-likeness (QED) is 0.583. The topological polar surface area (TPSA) is 72.7 Å². The number of hydrogen-bond acceptors (Lipinski definition) is 5. The molecule has 0 aliphatic carbocycles. The van der Waals surface area contributed by atoms with Crippen LogP contribution in [0.4, 0.5) is 5.69 Å². The fourth-order valence-corrected chi connectivity index (χ4v) is 3.40. The van der Waals surface area contributed by atoms with E-state index in [1.54, 1.807) is 4.68 Å². The van der Waals surface area contributed by atoms with Crippen LogP contribution in [0.2, 0.25) is 0 Å². The molecule has 1 aromatic carbocycles. The van der Waals surface area contributed by atoms with Crippen LogP contribution in [0.3, 0.4) is 0 Å². The predicted octanol–water partition coefficient (Wildman–Crippen LogP) is 3.02. The van der Waals surface area contributed by atoms with E-state index in [4.69, 9.17) is 0 Å². The van der Waals surface area contributed by atoms with Gasteiger partial charge >= 0.3 is 0 Å². The van der Waals surface area contributed by atoms with Gasteiger partial charge in [-0.3, -0.25) is 9.48 Å². The third-order valence-corrected chi connectivity index (χ3v) is 4.78. The molecule has 0 bridgehead atoms. The number of aryl methyl sites for hydroxylation is 3. The van der Waals surface area contributed by atoms with Crippen molar-refractivity contribution >= 4 is 34.3 Å². The monoisotopic (exact) mass is 341 g/mol. The number of aromatic nitrogens is 4. The van der Waals surface area contributed by atoms with Gasteiger partial charge in [-0.15, -0.1) is 0 Å². The van der Waals surface area contributed by atoms with E-state index < -0.39 is 0 Å². The Morgan fingerprint density at radius 2 is 1.96 bits per heavy atom. The third kappa shape index (κ3) is 3.26. The van der Waals surface area contributed by atoms with Crippen molar-refractivity contribution in [1.82, 2.24) is 19.7 Å². The van der Waals surface area contributed by atoms with Crippen LogP contribution in [0.1, 0.15) is 17.2 Å². The Labute approximate surface area is 144 Å². The minimum absolute atomic E-state index is 0.0699. The number of para-hydroxylation sites is 1. The Kier molecular flexibility index (Phi) is 4.53. The highest BCUT2D eigenvalue weighted by atomic mass is 32.2. The average molecular weight is 341 g/mol. The van der Waals surface area contributed by atoms with Crippen LogP contribution in [0.5, 0.6) is 0 Å². The number of benzene rings is 1. The first-order valence-electron chi connectivity index (χ1n) is 7.62. The van der Waals surface area contributed by atoms with Gasteiger partial charge in [0.2, 0.25) is 5.91 Å². The molecule has 124 valence electrons. The molecule has 0 atom stereocenters. The van der Waals surface area contributed by atoms with Crippen LogP contribution in [0.15, 0.2) is 29.3 Å². The van der Waals surface area contributed by atoms with Crippen molar-refractivity contribution in [2.45, 2.75) is 25.8 Å². The SMILES string of the molecule is Cc1nc(SCC(=O)Nc2c(C)nn(C)c2C)c2ccccc2n1. The van der Waals surface area contributed by atoms with E-state index in [1.165, 1.54) is 11.8 Å². The Bertz CT molecular complexity index is 919. The molecule has 0 fully saturated rings. The van der Waals surface area contributed by atoms with Gasteiger partial charge in [0.15, 0.2) is 0 Å². The normalized spacial score (nSPS) is 11.0. The predicted molar refractivity (Wildman–Crippen MR) is 96.3 cm³/mol. The smallest absolute Gasteiger partial charge is 0.234 e. The van der Waals surface area contributed by atoms with Gasteiger partial charge in [-0.1, -0.05) is 30.0 Å². The lowest BCUT2D eigenvalue weighted by Crippen LogP contribution is -2.15. The van der Waals surface area contributed by atoms with Crippen molar-refractivity contribution in [1.29, 1.82) is 0 Å². The molecular weight excluding hydrogens is 322 g/mol. The van der Waals surface area contributed by atoms with E-state index in [2.05, 4.69) is 20.4 Å². The standard InChI is InChI=1S/C17H19N5OS/c1-10-16(11(2)22(4)21-10)20-15(23)9-24-17-13-7-5-6-8-14(13)18-12(3)19-17/h5-8H,9H2,1-4H3,(H,20,23). The first-order chi connectivity index (χ1) is 11.5. The highest BCUT2D eigenvalue weighted by Gasteiger charge is 2.14. The maximum Gasteiger partial charge on any atom is 0.234 e. The molecule has 7 heteroatoms. The molecular formula is C17H19N5OS. The van der Waals surface area contributed by atoms with Crippen molar-refractivity contribution in [2.24, 2.45) is 7.05 Å². The third-order valence-electron chi connectivity index (χ3n) is 3.79. The Hall–Kier alpha value is -2.41. The minimum atomic E-state index is -0.0699. The second-order valence-electron chi connectivity index (χ2n) is 5.60. The minimum Gasteiger partial charge on any atom is -0.322 e. The summed E-state index contributed by atoms with van der Waals surface area (Å²) in [6.45, 7) is 5.68. The summed E-state index contributed by atoms with van der Waals surface area (Å²) >= 11 is 1.42. The molecule has 2 aromatic heterocycles. The molecule has 3 aromatic rings. The van der Waals surface area contributed by atoms with Crippen LogP contribution < -0.4 is 5.32 Å². The highest BCUT2D eigenvalue weighted by Crippen LogP contribution is 2.26. The summed E-state index contributed by atoms with van der Waals surface area (Å²) in [6.07, 6.45) is 0. The number of nitrogens with zero attached hydrogens (tertiary/aromatic N) is 4. The van der Waals surface area contributed by atoms with Crippen molar-refractivity contribution in [3.05, 3.63) is 41.5 Å². The zero-order valence-corrected chi connectivity index (χ0v) is 14.9. The lowest BCUT2D eigenvalue weighted by atomic mass is 10.2. The summed E-state index contributed by atoms with van der Waals surface area (Å²) in [7, 11) is 1.86. The van der Waals surface area contributed by atoms with Gasteiger partial charge in [-0.05, 0) is 26.8 Å². The Balaban J connectivity index is 1.75. The maximum absolute atomic E-state index is 12.3. The number of hydrogen-bond donors (Lipinski definition) is 1. The van der Waals surface area contributed by atoms with E-state index in [-0.39, 0.29) is 11.7 Å². The molecule has 0 unspecified atom stereocenters. The van der Waals surface area contributed by atoms with Gasteiger partial charge < -0.3 is 5.32 Å². The molecule has 1 N–H and O–H groups in total. The van der Waals surface area contributed by atoms with Crippen LogP contribution in [0.25, 0.3) is 10.9 Å². The Morgan fingerprint density at radius 3 is 2.67 bits per heavy atom. The second-order valence-corrected chi connectivity index (χ2v) is 6.56. The van der Waals surface area contributed by atoms with E-state index in [0.29, 0.717) is 5.82 Å². The molecule has 24 heavy (non-hydrogen) atoms. The fraction of sp³-hybridized carbons (Fsp3) is 0.294. The van der Waals surface area contributed by atoms with Crippen molar-refractivity contribution < 1.29 is 4.79 Å². The zero-order chi connectivity index (χ0) is 17.3. The summed E-state index contributed by atoms with van der Waals surface area (Å²) in [5.41, 5.74) is 3.43. The van der Waals surface area contributed by atoms with Gasteiger partial charge in [-0.2, -0.15) is 5.10 Å². The highest BCUT2D eigenvalue weighted by molar-refractivity contribution is 8.00. The molecule has 0 aliphatic heterocycles. The first kappa shape index (κ1) is 16.4. The van der Waals surface area contributed by atoms with Crippen LogP contribution in [-0.4, -0.2) is 31.4 Å². The van der Waals surface area contributed by atoms with E-state index in [9.17, 15) is 4.79 Å². The van der Waals surface area contributed by atoms with Gasteiger partial charge in [0.05, 0.1) is 28.3 Å². The molecule has 0 saturated carbocycles. The summed E-state index contributed by atoms with van der Waals surface area (Å²) in [5.74, 6) is 0.920. The molecule has 0 aliphatic rings. The van der Waals surface area contributed by atoms with Crippen LogP contribution in [-0.2, 0) is 11.8 Å². The summed E-state index contributed by atoms with van der Waals surface area (Å²) in [6, 6.07) is 7.83. The van der Waals surface area contributed by atoms with Crippen LogP contribution in [0, 0.1) is 20.8 Å². The number of carbonyl (C=O) groups is 1. The van der Waals surface area contributed by atoms with E-state index in [1.807, 2.05) is 52.1 Å². The molecule has 6 nitrogen and oxygen atoms in total. The molecule has 1 amide bonds. The fourth-order valence-electron chi connectivity index (χ4n) is 2.53. The van der Waals surface area contributed by atoms with Crippen LogP contribution >= 0.6 is 11.8 Å². The van der Waals surface area contributed by atoms with Gasteiger partial charge in [-0.25, -0.2) is 9.97 Å². The van der Waals surface area contributed by atoms with Crippen molar-refractivity contribution in [3.8, 4) is 0 Å². The summed E-state index contributed by atoms with van der Waals surface area (Å²) in [5, 5.41) is 9.05. The number of thioether (sulfide) groups is 1. The maximum atomic E-state index is 12.3. The number of rotatable bonds is 4. The number of fused-ring (bicyclic) bond motifs is 1. The molecule has 2 heterocycles. The number of carbonyl (C=O) groups excluding carboxylic acids is 1. The van der Waals surface area contributed by atoms with Gasteiger partial charge in [0.25, 0.3) is 0 Å². The van der Waals surface area contributed by atoms with E-state index >= 15 is 0 Å². The first-order valence-corrected chi connectivity index (χ1v) is 8.60. The number of nitrogens with one attached hydrogen (secondary N) is 1. The van der Waals surface area contributed by atoms with E-state index in [0.717, 1.165) is 33.0 Å². The number of anilines is 1. The summed E-state index contributed by atoms with van der Waals surface area (Å²) < 4.78 is 1.76. The Morgan fingerprint density at radius 1 is 1.21 bits per heavy atom. The van der Waals surface area contributed by atoms with Crippen molar-refractivity contribution in [2.75, 3.05) is 11.1 Å². The zero-order valence-electron chi connectivity index (χ0n) is 14.1. The molecule has 3 rings (SSSR count). The van der Waals surface area contributed by atoms with Gasteiger partial charge in [0.1, 0.15) is 10.9 Å². The average Bonchev–Trinajstić information content (AvgIpc) is 2.78. The lowest BCUT2D eigenvalue weighted by molar-refractivity contribution is -0.113. The molecule has 0 saturated heterocycles.